The van der Waals surface area contributed by atoms with E-state index in [9.17, 15) is 9.59 Å². The first-order valence-electron chi connectivity index (χ1n) is 11.1. The number of rotatable bonds is 2. The molecule has 1 aromatic heterocycles. The van der Waals surface area contributed by atoms with Gasteiger partial charge in [0.15, 0.2) is 0 Å². The minimum Gasteiger partial charge on any atom is -0.485 e. The average Bonchev–Trinajstić information content (AvgIpc) is 3.19. The molecule has 3 aliphatic rings. The summed E-state index contributed by atoms with van der Waals surface area (Å²) in [5.41, 5.74) is 2.48. The number of hydrogen-bond acceptors (Lipinski definition) is 4. The van der Waals surface area contributed by atoms with Gasteiger partial charge < -0.3 is 19.9 Å². The molecule has 3 amide bonds. The molecule has 0 radical (unpaired) electrons. The normalized spacial score (nSPS) is 23.6. The van der Waals surface area contributed by atoms with E-state index in [0.29, 0.717) is 24.4 Å². The number of hydrogen-bond donors (Lipinski definition) is 1. The molecule has 0 unspecified atom stereocenters. The van der Waals surface area contributed by atoms with Crippen LogP contribution >= 0.6 is 0 Å². The van der Waals surface area contributed by atoms with E-state index in [4.69, 9.17) is 4.74 Å². The number of aromatic nitrogens is 1. The molecular weight excluding hydrogens is 392 g/mol. The summed E-state index contributed by atoms with van der Waals surface area (Å²) < 4.78 is 6.35. The molecule has 3 heterocycles. The highest BCUT2D eigenvalue weighted by molar-refractivity contribution is 5.98. The molecule has 1 saturated heterocycles. The molecule has 1 aliphatic carbocycles. The summed E-state index contributed by atoms with van der Waals surface area (Å²) in [4.78, 5) is 33.7. The highest BCUT2D eigenvalue weighted by atomic mass is 16.5. The number of ether oxygens (including phenoxy) is 1. The summed E-state index contributed by atoms with van der Waals surface area (Å²) >= 11 is 0. The molecule has 1 aromatic carbocycles. The maximum Gasteiger partial charge on any atom is 0.317 e. The minimum absolute atomic E-state index is 0.0474. The van der Waals surface area contributed by atoms with Crippen molar-refractivity contribution in [3.05, 3.63) is 48.3 Å². The topological polar surface area (TPSA) is 74.8 Å². The van der Waals surface area contributed by atoms with Crippen molar-refractivity contribution in [3.8, 4) is 16.9 Å². The van der Waals surface area contributed by atoms with Gasteiger partial charge in [0, 0.05) is 37.6 Å². The standard InChI is InChI=1S/C24H28N4O3/c1-27-20-14-28(24(30)26-18-7-3-2-4-8-18)15-22(20)31-21-12-16(9-10-19(21)23(27)29)17-6-5-11-25-13-17/h5-6,9-13,18,20,22H,2-4,7-8,14-15H2,1H3,(H,26,30)/t20-,22+/m1/s1. The van der Waals surface area contributed by atoms with Crippen molar-refractivity contribution in [2.24, 2.45) is 0 Å². The first-order valence-corrected chi connectivity index (χ1v) is 11.1. The zero-order valence-electron chi connectivity index (χ0n) is 17.8. The first kappa shape index (κ1) is 19.8. The Kier molecular flexibility index (Phi) is 5.26. The number of nitrogens with one attached hydrogen (secondary N) is 1. The van der Waals surface area contributed by atoms with E-state index in [2.05, 4.69) is 10.3 Å². The number of urea groups is 1. The SMILES string of the molecule is CN1C(=O)c2ccc(-c3cccnc3)cc2O[C@H]2CN(C(=O)NC3CCCCC3)C[C@H]21. The van der Waals surface area contributed by atoms with Crippen LogP contribution in [-0.4, -0.2) is 65.0 Å². The van der Waals surface area contributed by atoms with Crippen LogP contribution in [0.25, 0.3) is 11.1 Å². The molecular formula is C24H28N4O3. The van der Waals surface area contributed by atoms with Crippen LogP contribution in [0.5, 0.6) is 5.75 Å². The van der Waals surface area contributed by atoms with Crippen LogP contribution in [0.2, 0.25) is 0 Å². The Morgan fingerprint density at radius 3 is 2.74 bits per heavy atom. The van der Waals surface area contributed by atoms with Crippen LogP contribution in [0.4, 0.5) is 4.79 Å². The van der Waals surface area contributed by atoms with Crippen molar-refractivity contribution in [2.75, 3.05) is 20.1 Å². The van der Waals surface area contributed by atoms with Gasteiger partial charge in [0.05, 0.1) is 18.2 Å². The van der Waals surface area contributed by atoms with Crippen molar-refractivity contribution in [1.29, 1.82) is 0 Å². The van der Waals surface area contributed by atoms with Gasteiger partial charge in [-0.2, -0.15) is 0 Å². The predicted molar refractivity (Wildman–Crippen MR) is 117 cm³/mol. The third kappa shape index (κ3) is 3.84. The highest BCUT2D eigenvalue weighted by Crippen LogP contribution is 2.34. The Bertz CT molecular complexity index is 974. The number of carbonyl (C=O) groups excluding carboxylic acids is 2. The number of fused-ring (bicyclic) bond motifs is 2. The highest BCUT2D eigenvalue weighted by Gasteiger charge is 2.44. The van der Waals surface area contributed by atoms with Crippen LogP contribution in [0.1, 0.15) is 42.5 Å². The molecule has 0 spiro atoms. The van der Waals surface area contributed by atoms with Crippen LogP contribution in [0, 0.1) is 0 Å². The molecule has 0 bridgehead atoms. The van der Waals surface area contributed by atoms with Gasteiger partial charge in [-0.15, -0.1) is 0 Å². The Morgan fingerprint density at radius 2 is 1.97 bits per heavy atom. The fourth-order valence-corrected chi connectivity index (χ4v) is 4.94. The van der Waals surface area contributed by atoms with E-state index in [1.54, 1.807) is 29.2 Å². The van der Waals surface area contributed by atoms with E-state index in [1.807, 2.05) is 30.3 Å². The number of carbonyl (C=O) groups is 2. The van der Waals surface area contributed by atoms with Gasteiger partial charge in [-0.05, 0) is 36.6 Å². The molecule has 7 nitrogen and oxygen atoms in total. The molecule has 2 atom stereocenters. The number of pyridine rings is 1. The van der Waals surface area contributed by atoms with E-state index >= 15 is 0 Å². The summed E-state index contributed by atoms with van der Waals surface area (Å²) in [5, 5.41) is 3.18. The van der Waals surface area contributed by atoms with Crippen molar-refractivity contribution in [2.45, 2.75) is 50.3 Å². The Labute approximate surface area is 182 Å². The van der Waals surface area contributed by atoms with Gasteiger partial charge >= 0.3 is 6.03 Å². The lowest BCUT2D eigenvalue weighted by atomic mass is 9.96. The lowest BCUT2D eigenvalue weighted by molar-refractivity contribution is 0.0682. The molecule has 5 rings (SSSR count). The van der Waals surface area contributed by atoms with Crippen LogP contribution in [-0.2, 0) is 0 Å². The largest absolute Gasteiger partial charge is 0.485 e. The van der Waals surface area contributed by atoms with Gasteiger partial charge in [-0.1, -0.05) is 31.4 Å². The Hall–Kier alpha value is -3.09. The molecule has 31 heavy (non-hydrogen) atoms. The van der Waals surface area contributed by atoms with Crippen molar-refractivity contribution in [3.63, 3.8) is 0 Å². The summed E-state index contributed by atoms with van der Waals surface area (Å²) in [6.07, 6.45) is 8.97. The second kappa shape index (κ2) is 8.21. The Balaban J connectivity index is 1.36. The van der Waals surface area contributed by atoms with Crippen LogP contribution in [0.15, 0.2) is 42.7 Å². The first-order chi connectivity index (χ1) is 15.1. The second-order valence-electron chi connectivity index (χ2n) is 8.78. The monoisotopic (exact) mass is 420 g/mol. The van der Waals surface area contributed by atoms with Gasteiger partial charge in [0.25, 0.3) is 5.91 Å². The molecule has 7 heteroatoms. The molecule has 2 fully saturated rings. The summed E-state index contributed by atoms with van der Waals surface area (Å²) in [6, 6.07) is 9.57. The zero-order chi connectivity index (χ0) is 21.4. The molecule has 1 saturated carbocycles. The summed E-state index contributed by atoms with van der Waals surface area (Å²) in [5.74, 6) is 0.495. The van der Waals surface area contributed by atoms with Gasteiger partial charge in [-0.25, -0.2) is 4.79 Å². The number of likely N-dealkylation sites (N-methyl/N-ethyl adjacent to an activating group) is 1. The maximum atomic E-state index is 13.1. The fraction of sp³-hybridized carbons (Fsp3) is 0.458. The maximum absolute atomic E-state index is 13.1. The summed E-state index contributed by atoms with van der Waals surface area (Å²) in [6.45, 7) is 0.951. The van der Waals surface area contributed by atoms with E-state index in [-0.39, 0.29) is 30.1 Å². The van der Waals surface area contributed by atoms with Crippen molar-refractivity contribution in [1.82, 2.24) is 20.1 Å². The predicted octanol–water partition coefficient (Wildman–Crippen LogP) is 3.31. The van der Waals surface area contributed by atoms with E-state index in [1.165, 1.54) is 19.3 Å². The van der Waals surface area contributed by atoms with Crippen LogP contribution in [0.3, 0.4) is 0 Å². The quantitative estimate of drug-likeness (QED) is 0.809. The third-order valence-corrected chi connectivity index (χ3v) is 6.76. The van der Waals surface area contributed by atoms with E-state index in [0.717, 1.165) is 24.0 Å². The summed E-state index contributed by atoms with van der Waals surface area (Å²) in [7, 11) is 1.80. The lowest BCUT2D eigenvalue weighted by Gasteiger charge is -2.27. The Morgan fingerprint density at radius 1 is 1.13 bits per heavy atom. The number of likely N-dealkylation sites (tertiary alicyclic amines) is 1. The van der Waals surface area contributed by atoms with Gasteiger partial charge in [0.1, 0.15) is 11.9 Å². The molecule has 2 aliphatic heterocycles. The minimum atomic E-state index is -0.253. The van der Waals surface area contributed by atoms with Crippen LogP contribution < -0.4 is 10.1 Å². The third-order valence-electron chi connectivity index (χ3n) is 6.76. The fourth-order valence-electron chi connectivity index (χ4n) is 4.94. The number of amides is 3. The smallest absolute Gasteiger partial charge is 0.317 e. The number of benzene rings is 1. The second-order valence-corrected chi connectivity index (χ2v) is 8.78. The lowest BCUT2D eigenvalue weighted by Crippen LogP contribution is -2.46. The average molecular weight is 421 g/mol. The van der Waals surface area contributed by atoms with E-state index < -0.39 is 0 Å². The van der Waals surface area contributed by atoms with Crippen molar-refractivity contribution < 1.29 is 14.3 Å². The molecule has 162 valence electrons. The zero-order valence-corrected chi connectivity index (χ0v) is 17.8. The number of nitrogens with zero attached hydrogens (tertiary/aromatic N) is 3. The molecule has 2 aromatic rings. The van der Waals surface area contributed by atoms with Gasteiger partial charge in [0.2, 0.25) is 0 Å². The van der Waals surface area contributed by atoms with Crippen molar-refractivity contribution >= 4 is 11.9 Å². The van der Waals surface area contributed by atoms with Gasteiger partial charge in [-0.3, -0.25) is 9.78 Å². The molecule has 1 N–H and O–H groups in total.